The van der Waals surface area contributed by atoms with Crippen LogP contribution in [0.25, 0.3) is 17.1 Å². The summed E-state index contributed by atoms with van der Waals surface area (Å²) in [5.74, 6) is -0.589. The first-order valence-electron chi connectivity index (χ1n) is 5.79. The highest BCUT2D eigenvalue weighted by molar-refractivity contribution is 6.32. The molecule has 0 spiro atoms. The highest BCUT2D eigenvalue weighted by Gasteiger charge is 2.18. The normalized spacial score (nSPS) is 10.7. The van der Waals surface area contributed by atoms with Crippen LogP contribution in [0.5, 0.6) is 0 Å². The highest BCUT2D eigenvalue weighted by Crippen LogP contribution is 2.28. The molecule has 20 heavy (non-hydrogen) atoms. The minimum atomic E-state index is -1.11. The maximum absolute atomic E-state index is 11.1. The second-order valence-electron chi connectivity index (χ2n) is 4.06. The Bertz CT molecular complexity index is 763. The molecule has 0 aliphatic rings. The number of carbonyl (C=O) groups is 1. The van der Waals surface area contributed by atoms with Gasteiger partial charge in [-0.05, 0) is 24.3 Å². The Morgan fingerprint density at radius 3 is 2.70 bits per heavy atom. The van der Waals surface area contributed by atoms with Crippen LogP contribution in [0.2, 0.25) is 5.02 Å². The van der Waals surface area contributed by atoms with Gasteiger partial charge in [0.2, 0.25) is 0 Å². The van der Waals surface area contributed by atoms with Crippen molar-refractivity contribution in [3.05, 3.63) is 59.4 Å². The maximum Gasteiger partial charge on any atom is 0.356 e. The first-order chi connectivity index (χ1) is 9.66. The van der Waals surface area contributed by atoms with Gasteiger partial charge in [0.05, 0.1) is 17.0 Å². The molecule has 0 unspecified atom stereocenters. The average Bonchev–Trinajstić information content (AvgIpc) is 3.08. The maximum atomic E-state index is 11.1. The molecule has 0 amide bonds. The van der Waals surface area contributed by atoms with Gasteiger partial charge in [-0.25, -0.2) is 9.48 Å². The quantitative estimate of drug-likeness (QED) is 0.801. The number of nitrogens with zero attached hydrogens (tertiary/aromatic N) is 2. The van der Waals surface area contributed by atoms with Crippen molar-refractivity contribution in [1.29, 1.82) is 0 Å². The fraction of sp³-hybridized carbons (Fsp3) is 0. The predicted molar refractivity (Wildman–Crippen MR) is 73.2 cm³/mol. The Morgan fingerprint density at radius 1 is 1.25 bits per heavy atom. The van der Waals surface area contributed by atoms with Gasteiger partial charge < -0.3 is 9.52 Å². The lowest BCUT2D eigenvalue weighted by atomic mass is 10.2. The summed E-state index contributed by atoms with van der Waals surface area (Å²) in [4.78, 5) is 11.1. The van der Waals surface area contributed by atoms with Gasteiger partial charge in [0.25, 0.3) is 0 Å². The van der Waals surface area contributed by atoms with E-state index in [2.05, 4.69) is 5.10 Å². The number of halogens is 1. The summed E-state index contributed by atoms with van der Waals surface area (Å²) < 4.78 is 6.78. The van der Waals surface area contributed by atoms with Crippen LogP contribution in [0.4, 0.5) is 0 Å². The lowest BCUT2D eigenvalue weighted by molar-refractivity contribution is 0.0690. The largest absolute Gasteiger partial charge is 0.476 e. The van der Waals surface area contributed by atoms with Gasteiger partial charge in [-0.2, -0.15) is 5.10 Å². The zero-order valence-electron chi connectivity index (χ0n) is 10.2. The third-order valence-electron chi connectivity index (χ3n) is 2.78. The van der Waals surface area contributed by atoms with Gasteiger partial charge in [-0.1, -0.05) is 23.7 Å². The van der Waals surface area contributed by atoms with Gasteiger partial charge in [0, 0.05) is 6.07 Å². The molecular weight excluding hydrogens is 280 g/mol. The number of hydrogen-bond acceptors (Lipinski definition) is 3. The summed E-state index contributed by atoms with van der Waals surface area (Å²) in [5, 5.41) is 13.6. The van der Waals surface area contributed by atoms with Crippen LogP contribution in [0.1, 0.15) is 10.5 Å². The van der Waals surface area contributed by atoms with Gasteiger partial charge in [0.15, 0.2) is 11.5 Å². The number of furan rings is 1. The molecular formula is C14H9ClN2O3. The van der Waals surface area contributed by atoms with E-state index in [0.29, 0.717) is 22.2 Å². The molecule has 0 saturated heterocycles. The molecule has 0 aliphatic heterocycles. The van der Waals surface area contributed by atoms with E-state index in [0.717, 1.165) is 0 Å². The molecule has 0 atom stereocenters. The topological polar surface area (TPSA) is 68.3 Å². The minimum Gasteiger partial charge on any atom is -0.476 e. The van der Waals surface area contributed by atoms with Crippen LogP contribution >= 0.6 is 11.6 Å². The van der Waals surface area contributed by atoms with Gasteiger partial charge >= 0.3 is 5.97 Å². The third kappa shape index (κ3) is 2.08. The molecule has 0 fully saturated rings. The van der Waals surface area contributed by atoms with Crippen molar-refractivity contribution >= 4 is 17.6 Å². The smallest absolute Gasteiger partial charge is 0.356 e. The van der Waals surface area contributed by atoms with E-state index < -0.39 is 5.97 Å². The lowest BCUT2D eigenvalue weighted by Crippen LogP contribution is -2.02. The van der Waals surface area contributed by atoms with Gasteiger partial charge in [0.1, 0.15) is 5.69 Å². The van der Waals surface area contributed by atoms with Crippen molar-refractivity contribution in [2.75, 3.05) is 0 Å². The number of aromatic carboxylic acids is 1. The van der Waals surface area contributed by atoms with Crippen LogP contribution in [-0.2, 0) is 0 Å². The molecule has 2 heterocycles. The van der Waals surface area contributed by atoms with E-state index in [1.807, 2.05) is 0 Å². The minimum absolute atomic E-state index is 0.0729. The molecule has 0 bridgehead atoms. The number of hydrogen-bond donors (Lipinski definition) is 1. The number of benzene rings is 1. The second-order valence-corrected chi connectivity index (χ2v) is 4.47. The summed E-state index contributed by atoms with van der Waals surface area (Å²) >= 11 is 6.14. The summed E-state index contributed by atoms with van der Waals surface area (Å²) in [6.45, 7) is 0. The van der Waals surface area contributed by atoms with Crippen LogP contribution in [-0.4, -0.2) is 20.9 Å². The monoisotopic (exact) mass is 288 g/mol. The van der Waals surface area contributed by atoms with Crippen LogP contribution in [0, 0.1) is 0 Å². The van der Waals surface area contributed by atoms with Crippen LogP contribution in [0.3, 0.4) is 0 Å². The van der Waals surface area contributed by atoms with E-state index in [1.54, 1.807) is 36.4 Å². The molecule has 100 valence electrons. The molecule has 0 radical (unpaired) electrons. The molecule has 0 saturated carbocycles. The fourth-order valence-electron chi connectivity index (χ4n) is 1.89. The summed E-state index contributed by atoms with van der Waals surface area (Å²) in [6, 6.07) is 12.0. The van der Waals surface area contributed by atoms with Gasteiger partial charge in [-0.15, -0.1) is 0 Å². The van der Waals surface area contributed by atoms with Crippen molar-refractivity contribution in [3.8, 4) is 17.1 Å². The molecule has 1 aromatic carbocycles. The summed E-state index contributed by atoms with van der Waals surface area (Å²) in [5.41, 5.74) is 1.05. The van der Waals surface area contributed by atoms with Crippen molar-refractivity contribution in [3.63, 3.8) is 0 Å². The average molecular weight is 289 g/mol. The van der Waals surface area contributed by atoms with Crippen molar-refractivity contribution in [2.24, 2.45) is 0 Å². The molecule has 2 aromatic heterocycles. The molecule has 1 N–H and O–H groups in total. The molecule has 3 rings (SSSR count). The van der Waals surface area contributed by atoms with E-state index in [1.165, 1.54) is 17.0 Å². The second kappa shape index (κ2) is 4.86. The predicted octanol–water partition coefficient (Wildman–Crippen LogP) is 3.48. The number of carboxylic acids is 1. The van der Waals surface area contributed by atoms with E-state index in [4.69, 9.17) is 21.1 Å². The highest BCUT2D eigenvalue weighted by atomic mass is 35.5. The molecule has 6 heteroatoms. The number of carboxylic acid groups (broad SMARTS) is 1. The van der Waals surface area contributed by atoms with E-state index in [-0.39, 0.29) is 5.69 Å². The molecule has 3 aromatic rings. The Hall–Kier alpha value is -2.53. The first kappa shape index (κ1) is 12.5. The number of aromatic nitrogens is 2. The Balaban J connectivity index is 2.24. The van der Waals surface area contributed by atoms with Crippen molar-refractivity contribution < 1.29 is 14.3 Å². The number of para-hydroxylation sites is 1. The van der Waals surface area contributed by atoms with Crippen LogP contribution < -0.4 is 0 Å². The SMILES string of the molecule is O=C(O)c1cc(-c2ccco2)n(-c2ccccc2Cl)n1. The Labute approximate surface area is 119 Å². The summed E-state index contributed by atoms with van der Waals surface area (Å²) in [7, 11) is 0. The number of rotatable bonds is 3. The van der Waals surface area contributed by atoms with E-state index >= 15 is 0 Å². The zero-order valence-corrected chi connectivity index (χ0v) is 10.9. The van der Waals surface area contributed by atoms with E-state index in [9.17, 15) is 4.79 Å². The molecule has 5 nitrogen and oxygen atoms in total. The Kier molecular flexibility index (Phi) is 3.04. The first-order valence-corrected chi connectivity index (χ1v) is 6.17. The third-order valence-corrected chi connectivity index (χ3v) is 3.10. The Morgan fingerprint density at radius 2 is 2.05 bits per heavy atom. The zero-order chi connectivity index (χ0) is 14.1. The van der Waals surface area contributed by atoms with Gasteiger partial charge in [-0.3, -0.25) is 0 Å². The summed E-state index contributed by atoms with van der Waals surface area (Å²) in [6.07, 6.45) is 1.51. The molecule has 0 aliphatic carbocycles. The van der Waals surface area contributed by atoms with Crippen molar-refractivity contribution in [2.45, 2.75) is 0 Å². The lowest BCUT2D eigenvalue weighted by Gasteiger charge is -2.07. The van der Waals surface area contributed by atoms with Crippen molar-refractivity contribution in [1.82, 2.24) is 9.78 Å². The fourth-order valence-corrected chi connectivity index (χ4v) is 2.11. The van der Waals surface area contributed by atoms with Crippen LogP contribution in [0.15, 0.2) is 53.1 Å². The standard InChI is InChI=1S/C14H9ClN2O3/c15-9-4-1-2-5-11(9)17-12(13-6-3-7-20-13)8-10(16-17)14(18)19/h1-8H,(H,18,19).